The lowest BCUT2D eigenvalue weighted by Crippen LogP contribution is -2.44. The number of rotatable bonds is 5. The molecule has 0 unspecified atom stereocenters. The lowest BCUT2D eigenvalue weighted by atomic mass is 10.1. The minimum Gasteiger partial charge on any atom is -0.484 e. The Bertz CT molecular complexity index is 822. The van der Waals surface area contributed by atoms with Crippen LogP contribution in [0.15, 0.2) is 42.5 Å². The van der Waals surface area contributed by atoms with Gasteiger partial charge in [-0.05, 0) is 42.8 Å². The molecule has 0 fully saturated rings. The van der Waals surface area contributed by atoms with Gasteiger partial charge in [-0.2, -0.15) is 0 Å². The van der Waals surface area contributed by atoms with Crippen LogP contribution in [0, 0.1) is 6.92 Å². The van der Waals surface area contributed by atoms with E-state index < -0.39 is 17.8 Å². The molecule has 0 atom stereocenters. The van der Waals surface area contributed by atoms with E-state index in [4.69, 9.17) is 21.4 Å². The van der Waals surface area contributed by atoms with Crippen molar-refractivity contribution >= 4 is 29.4 Å². The van der Waals surface area contributed by atoms with Gasteiger partial charge in [-0.25, -0.2) is 4.79 Å². The minimum atomic E-state index is -1.24. The molecule has 0 heterocycles. The molecule has 0 saturated heterocycles. The summed E-state index contributed by atoms with van der Waals surface area (Å²) in [4.78, 5) is 34.8. The summed E-state index contributed by atoms with van der Waals surface area (Å²) in [7, 11) is 0. The number of ether oxygens (including phenoxy) is 1. The number of nitrogens with one attached hydrogen (secondary N) is 2. The zero-order chi connectivity index (χ0) is 18.4. The van der Waals surface area contributed by atoms with E-state index in [1.165, 1.54) is 24.3 Å². The van der Waals surface area contributed by atoms with E-state index in [1.807, 2.05) is 0 Å². The molecule has 0 aliphatic carbocycles. The van der Waals surface area contributed by atoms with Crippen molar-refractivity contribution in [2.45, 2.75) is 6.92 Å². The number of carboxylic acid groups (broad SMARTS) is 1. The summed E-state index contributed by atoms with van der Waals surface area (Å²) in [5.41, 5.74) is 4.88. The summed E-state index contributed by atoms with van der Waals surface area (Å²) >= 11 is 5.90. The van der Waals surface area contributed by atoms with Crippen molar-refractivity contribution in [1.82, 2.24) is 10.9 Å². The fourth-order valence-corrected chi connectivity index (χ4v) is 2.07. The topological polar surface area (TPSA) is 105 Å². The molecule has 3 N–H and O–H groups in total. The van der Waals surface area contributed by atoms with E-state index in [2.05, 4.69) is 10.9 Å². The summed E-state index contributed by atoms with van der Waals surface area (Å²) in [6, 6.07) is 10.6. The number of benzene rings is 2. The van der Waals surface area contributed by atoms with Gasteiger partial charge < -0.3 is 9.84 Å². The number of carboxylic acids is 1. The molecule has 25 heavy (non-hydrogen) atoms. The molecule has 2 aromatic carbocycles. The van der Waals surface area contributed by atoms with Crippen LogP contribution >= 0.6 is 11.6 Å². The van der Waals surface area contributed by atoms with Crippen LogP contribution in [0.5, 0.6) is 5.75 Å². The largest absolute Gasteiger partial charge is 0.484 e. The summed E-state index contributed by atoms with van der Waals surface area (Å²) in [5, 5.41) is 9.63. The van der Waals surface area contributed by atoms with Crippen molar-refractivity contribution in [2.24, 2.45) is 0 Å². The minimum absolute atomic E-state index is 0.0652. The van der Waals surface area contributed by atoms with Crippen molar-refractivity contribution in [1.29, 1.82) is 0 Å². The first kappa shape index (κ1) is 18.3. The highest BCUT2D eigenvalue weighted by Gasteiger charge is 2.16. The zero-order valence-electron chi connectivity index (χ0n) is 13.2. The maximum Gasteiger partial charge on any atom is 0.336 e. The smallest absolute Gasteiger partial charge is 0.336 e. The predicted octanol–water partition coefficient (Wildman–Crippen LogP) is 2.19. The van der Waals surface area contributed by atoms with Crippen molar-refractivity contribution in [3.63, 3.8) is 0 Å². The SMILES string of the molecule is Cc1cc(OCC(=O)NNC(=O)c2ccccc2C(=O)O)ccc1Cl. The van der Waals surface area contributed by atoms with Crippen molar-refractivity contribution in [3.8, 4) is 5.75 Å². The van der Waals surface area contributed by atoms with Gasteiger partial charge in [0.15, 0.2) is 6.61 Å². The second kappa shape index (κ2) is 8.16. The molecule has 0 aliphatic rings. The lowest BCUT2D eigenvalue weighted by molar-refractivity contribution is -0.123. The summed E-state index contributed by atoms with van der Waals surface area (Å²) in [6.07, 6.45) is 0. The van der Waals surface area contributed by atoms with Crippen LogP contribution in [0.25, 0.3) is 0 Å². The maximum absolute atomic E-state index is 12.0. The number of hydrazine groups is 1. The number of carbonyl (C=O) groups is 3. The number of aryl methyl sites for hydroxylation is 1. The molecule has 0 saturated carbocycles. The molecule has 2 amide bonds. The Morgan fingerprint density at radius 3 is 2.40 bits per heavy atom. The molecule has 7 nitrogen and oxygen atoms in total. The standard InChI is InChI=1S/C17H15ClN2O5/c1-10-8-11(6-7-14(10)18)25-9-15(21)19-20-16(22)12-4-2-3-5-13(12)17(23)24/h2-8H,9H2,1H3,(H,19,21)(H,20,22)(H,23,24). The first-order valence-corrected chi connectivity index (χ1v) is 7.56. The Morgan fingerprint density at radius 2 is 1.76 bits per heavy atom. The lowest BCUT2D eigenvalue weighted by Gasteiger charge is -2.10. The summed E-state index contributed by atoms with van der Waals surface area (Å²) < 4.78 is 5.29. The quantitative estimate of drug-likeness (QED) is 0.707. The van der Waals surface area contributed by atoms with E-state index in [9.17, 15) is 14.4 Å². The predicted molar refractivity (Wildman–Crippen MR) is 90.7 cm³/mol. The number of hydrogen-bond donors (Lipinski definition) is 3. The fourth-order valence-electron chi connectivity index (χ4n) is 1.95. The Balaban J connectivity index is 1.88. The second-order valence-electron chi connectivity index (χ2n) is 5.05. The third-order valence-electron chi connectivity index (χ3n) is 3.22. The van der Waals surface area contributed by atoms with Gasteiger partial charge in [-0.15, -0.1) is 0 Å². The van der Waals surface area contributed by atoms with Crippen LogP contribution < -0.4 is 15.6 Å². The van der Waals surface area contributed by atoms with Gasteiger partial charge in [-0.1, -0.05) is 23.7 Å². The normalized spacial score (nSPS) is 10.0. The van der Waals surface area contributed by atoms with Crippen LogP contribution in [-0.2, 0) is 4.79 Å². The van der Waals surface area contributed by atoms with Crippen LogP contribution in [0.3, 0.4) is 0 Å². The van der Waals surface area contributed by atoms with Crippen molar-refractivity contribution in [3.05, 3.63) is 64.2 Å². The van der Waals surface area contributed by atoms with E-state index in [0.717, 1.165) is 5.56 Å². The van der Waals surface area contributed by atoms with Crippen LogP contribution in [0.1, 0.15) is 26.3 Å². The highest BCUT2D eigenvalue weighted by Crippen LogP contribution is 2.20. The molecule has 0 aliphatic heterocycles. The van der Waals surface area contributed by atoms with Gasteiger partial charge >= 0.3 is 5.97 Å². The molecule has 130 valence electrons. The van der Waals surface area contributed by atoms with E-state index in [0.29, 0.717) is 10.8 Å². The van der Waals surface area contributed by atoms with Crippen LogP contribution in [-0.4, -0.2) is 29.5 Å². The van der Waals surface area contributed by atoms with Gasteiger partial charge in [0.1, 0.15) is 5.75 Å². The molecule has 0 bridgehead atoms. The number of carbonyl (C=O) groups excluding carboxylic acids is 2. The first-order valence-electron chi connectivity index (χ1n) is 7.19. The summed E-state index contributed by atoms with van der Waals surface area (Å²) in [5.74, 6) is -2.12. The second-order valence-corrected chi connectivity index (χ2v) is 5.46. The van der Waals surface area contributed by atoms with E-state index >= 15 is 0 Å². The zero-order valence-corrected chi connectivity index (χ0v) is 14.0. The molecule has 2 rings (SSSR count). The monoisotopic (exact) mass is 362 g/mol. The van der Waals surface area contributed by atoms with Gasteiger partial charge in [0.25, 0.3) is 11.8 Å². The molecule has 0 spiro atoms. The van der Waals surface area contributed by atoms with E-state index in [1.54, 1.807) is 25.1 Å². The van der Waals surface area contributed by atoms with Crippen molar-refractivity contribution < 1.29 is 24.2 Å². The Morgan fingerprint density at radius 1 is 1.08 bits per heavy atom. The van der Waals surface area contributed by atoms with Gasteiger partial charge in [0.05, 0.1) is 11.1 Å². The van der Waals surface area contributed by atoms with E-state index in [-0.39, 0.29) is 17.7 Å². The third-order valence-corrected chi connectivity index (χ3v) is 3.64. The highest BCUT2D eigenvalue weighted by atomic mass is 35.5. The number of halogens is 1. The highest BCUT2D eigenvalue weighted by molar-refractivity contribution is 6.31. The number of amides is 2. The molecule has 0 radical (unpaired) electrons. The Hall–Kier alpha value is -3.06. The molecule has 0 aromatic heterocycles. The van der Waals surface area contributed by atoms with Crippen molar-refractivity contribution in [2.75, 3.05) is 6.61 Å². The summed E-state index contributed by atoms with van der Waals surface area (Å²) in [6.45, 7) is 1.47. The molecular formula is C17H15ClN2O5. The Labute approximate surface area is 148 Å². The molecular weight excluding hydrogens is 348 g/mol. The number of aromatic carboxylic acids is 1. The van der Waals surface area contributed by atoms with Crippen LogP contribution in [0.2, 0.25) is 5.02 Å². The third kappa shape index (κ3) is 4.95. The number of hydrogen-bond acceptors (Lipinski definition) is 4. The van der Waals surface area contributed by atoms with Gasteiger partial charge in [0.2, 0.25) is 0 Å². The average molecular weight is 363 g/mol. The average Bonchev–Trinajstić information content (AvgIpc) is 2.60. The van der Waals surface area contributed by atoms with Gasteiger partial charge in [0, 0.05) is 5.02 Å². The van der Waals surface area contributed by atoms with Gasteiger partial charge in [-0.3, -0.25) is 20.4 Å². The van der Waals surface area contributed by atoms with Crippen LogP contribution in [0.4, 0.5) is 0 Å². The molecule has 2 aromatic rings. The fraction of sp³-hybridized carbons (Fsp3) is 0.118. The Kier molecular flexibility index (Phi) is 5.97. The molecule has 8 heteroatoms. The first-order chi connectivity index (χ1) is 11.9. The maximum atomic E-state index is 12.0.